The molecule has 128 valence electrons. The number of aromatic nitrogens is 3. The molecule has 0 saturated carbocycles. The zero-order valence-corrected chi connectivity index (χ0v) is 14.3. The van der Waals surface area contributed by atoms with Crippen molar-refractivity contribution >= 4 is 11.2 Å². The molecule has 5 nitrogen and oxygen atoms in total. The van der Waals surface area contributed by atoms with E-state index in [-0.39, 0.29) is 5.56 Å². The van der Waals surface area contributed by atoms with Gasteiger partial charge in [-0.2, -0.15) is 0 Å². The highest BCUT2D eigenvalue weighted by molar-refractivity contribution is 5.70. The molecular weight excluding hydrogens is 326 g/mol. The van der Waals surface area contributed by atoms with Gasteiger partial charge in [0, 0.05) is 6.20 Å². The van der Waals surface area contributed by atoms with E-state index in [1.165, 1.54) is 6.20 Å². The van der Waals surface area contributed by atoms with Gasteiger partial charge in [-0.3, -0.25) is 9.36 Å². The Bertz CT molecular complexity index is 1140. The van der Waals surface area contributed by atoms with Gasteiger partial charge in [0.15, 0.2) is 5.65 Å². The fourth-order valence-corrected chi connectivity index (χ4v) is 3.00. The lowest BCUT2D eigenvalue weighted by atomic mass is 10.0. The summed E-state index contributed by atoms with van der Waals surface area (Å²) in [7, 11) is 1.66. The summed E-state index contributed by atoms with van der Waals surface area (Å²) < 4.78 is 7.00. The molecule has 2 aromatic carbocycles. The second-order valence-corrected chi connectivity index (χ2v) is 5.96. The largest absolute Gasteiger partial charge is 0.497 e. The Hall–Kier alpha value is -3.47. The molecule has 0 spiro atoms. The Morgan fingerprint density at radius 3 is 2.62 bits per heavy atom. The number of fused-ring (bicyclic) bond motifs is 1. The van der Waals surface area contributed by atoms with Gasteiger partial charge in [0.05, 0.1) is 25.4 Å². The molecule has 0 N–H and O–H groups in total. The van der Waals surface area contributed by atoms with Crippen molar-refractivity contribution in [1.82, 2.24) is 14.5 Å². The minimum Gasteiger partial charge on any atom is -0.497 e. The number of hydrogen-bond donors (Lipinski definition) is 0. The minimum absolute atomic E-state index is 0.141. The van der Waals surface area contributed by atoms with E-state index in [0.717, 1.165) is 28.0 Å². The fourth-order valence-electron chi connectivity index (χ4n) is 3.00. The molecule has 0 saturated heterocycles. The number of benzene rings is 2. The maximum Gasteiger partial charge on any atom is 0.269 e. The van der Waals surface area contributed by atoms with E-state index in [9.17, 15) is 4.79 Å². The molecule has 0 amide bonds. The van der Waals surface area contributed by atoms with Gasteiger partial charge in [0.1, 0.15) is 5.75 Å². The molecule has 5 heteroatoms. The number of hydrogen-bond acceptors (Lipinski definition) is 4. The molecule has 0 aliphatic rings. The van der Waals surface area contributed by atoms with Crippen molar-refractivity contribution in [3.05, 3.63) is 89.0 Å². The van der Waals surface area contributed by atoms with Crippen molar-refractivity contribution < 1.29 is 4.74 Å². The summed E-state index contributed by atoms with van der Waals surface area (Å²) in [6.07, 6.45) is 2.99. The van der Waals surface area contributed by atoms with E-state index in [0.29, 0.717) is 12.2 Å². The highest BCUT2D eigenvalue weighted by atomic mass is 16.5. The summed E-state index contributed by atoms with van der Waals surface area (Å²) in [6.45, 7) is 0.460. The normalized spacial score (nSPS) is 10.8. The van der Waals surface area contributed by atoms with Crippen LogP contribution in [0, 0.1) is 0 Å². The number of pyridine rings is 1. The van der Waals surface area contributed by atoms with E-state index in [1.54, 1.807) is 17.9 Å². The van der Waals surface area contributed by atoms with E-state index in [2.05, 4.69) is 16.0 Å². The number of methoxy groups -OCH3 is 1. The smallest absolute Gasteiger partial charge is 0.269 e. The van der Waals surface area contributed by atoms with Crippen molar-refractivity contribution in [3.63, 3.8) is 0 Å². The predicted octanol–water partition coefficient (Wildman–Crippen LogP) is 3.52. The van der Waals surface area contributed by atoms with Crippen molar-refractivity contribution in [1.29, 1.82) is 0 Å². The first kappa shape index (κ1) is 16.0. The van der Waals surface area contributed by atoms with Gasteiger partial charge in [0.25, 0.3) is 5.56 Å². The van der Waals surface area contributed by atoms with E-state index in [1.807, 2.05) is 54.6 Å². The maximum atomic E-state index is 12.3. The quantitative estimate of drug-likeness (QED) is 0.569. The number of ether oxygens (including phenoxy) is 1. The third-order valence-electron chi connectivity index (χ3n) is 4.29. The van der Waals surface area contributed by atoms with Crippen LogP contribution in [-0.2, 0) is 6.54 Å². The van der Waals surface area contributed by atoms with Gasteiger partial charge in [-0.05, 0) is 47.0 Å². The first-order valence-electron chi connectivity index (χ1n) is 8.28. The Morgan fingerprint density at radius 2 is 1.77 bits per heavy atom. The predicted molar refractivity (Wildman–Crippen MR) is 101 cm³/mol. The summed E-state index contributed by atoms with van der Waals surface area (Å²) in [6, 6.07) is 19.7. The minimum atomic E-state index is -0.141. The maximum absolute atomic E-state index is 12.3. The van der Waals surface area contributed by atoms with Crippen LogP contribution in [0.15, 0.2) is 77.9 Å². The van der Waals surface area contributed by atoms with Crippen LogP contribution in [0.25, 0.3) is 22.3 Å². The first-order chi connectivity index (χ1) is 12.7. The molecular formula is C21H17N3O2. The van der Waals surface area contributed by atoms with Crippen LogP contribution < -0.4 is 10.3 Å². The molecule has 0 radical (unpaired) electrons. The van der Waals surface area contributed by atoms with Crippen LogP contribution in [0.5, 0.6) is 5.75 Å². The molecule has 0 atom stereocenters. The van der Waals surface area contributed by atoms with Gasteiger partial charge in [0.2, 0.25) is 0 Å². The Labute approximate surface area is 150 Å². The highest BCUT2D eigenvalue weighted by Crippen LogP contribution is 2.25. The van der Waals surface area contributed by atoms with Crippen LogP contribution in [0.3, 0.4) is 0 Å². The molecule has 26 heavy (non-hydrogen) atoms. The fraction of sp³-hybridized carbons (Fsp3) is 0.0952. The standard InChI is InChI=1S/C21H17N3O2/c1-26-18-8-3-7-17(12-18)16-6-2-5-15(11-16)14-24-19-9-4-10-22-21(19)23-13-20(24)25/h2-13H,14H2,1H3. The number of rotatable bonds is 4. The molecule has 0 fully saturated rings. The van der Waals surface area contributed by atoms with E-state index >= 15 is 0 Å². The SMILES string of the molecule is COc1cccc(-c2cccc(Cn3c(=O)cnc4ncccc43)c2)c1. The molecule has 2 heterocycles. The Morgan fingerprint density at radius 1 is 0.962 bits per heavy atom. The molecule has 4 rings (SSSR count). The first-order valence-corrected chi connectivity index (χ1v) is 8.28. The average Bonchev–Trinajstić information content (AvgIpc) is 2.70. The van der Waals surface area contributed by atoms with Crippen molar-refractivity contribution in [2.45, 2.75) is 6.54 Å². The second-order valence-electron chi connectivity index (χ2n) is 5.96. The van der Waals surface area contributed by atoms with Gasteiger partial charge in [-0.15, -0.1) is 0 Å². The second kappa shape index (κ2) is 6.80. The van der Waals surface area contributed by atoms with Crippen LogP contribution >= 0.6 is 0 Å². The molecule has 4 aromatic rings. The van der Waals surface area contributed by atoms with Crippen molar-refractivity contribution in [2.24, 2.45) is 0 Å². The van der Waals surface area contributed by atoms with Crippen molar-refractivity contribution in [3.8, 4) is 16.9 Å². The zero-order chi connectivity index (χ0) is 17.9. The molecule has 0 unspecified atom stereocenters. The summed E-state index contributed by atoms with van der Waals surface area (Å²) in [4.78, 5) is 20.7. The zero-order valence-electron chi connectivity index (χ0n) is 14.3. The van der Waals surface area contributed by atoms with Crippen LogP contribution in [-0.4, -0.2) is 21.6 Å². The lowest BCUT2D eigenvalue weighted by molar-refractivity contribution is 0.415. The monoisotopic (exact) mass is 343 g/mol. The molecule has 0 aliphatic heterocycles. The molecule has 0 bridgehead atoms. The van der Waals surface area contributed by atoms with Crippen LogP contribution in [0.4, 0.5) is 0 Å². The topological polar surface area (TPSA) is 57.0 Å². The summed E-state index contributed by atoms with van der Waals surface area (Å²) in [5.74, 6) is 0.815. The van der Waals surface area contributed by atoms with Crippen LogP contribution in [0.1, 0.15) is 5.56 Å². The molecule has 0 aliphatic carbocycles. The van der Waals surface area contributed by atoms with Crippen molar-refractivity contribution in [2.75, 3.05) is 7.11 Å². The Kier molecular flexibility index (Phi) is 4.19. The molecule has 2 aromatic heterocycles. The highest BCUT2D eigenvalue weighted by Gasteiger charge is 2.07. The third-order valence-corrected chi connectivity index (χ3v) is 4.29. The lowest BCUT2D eigenvalue weighted by Gasteiger charge is -2.11. The van der Waals surface area contributed by atoms with Gasteiger partial charge in [-0.25, -0.2) is 9.97 Å². The van der Waals surface area contributed by atoms with Gasteiger partial charge < -0.3 is 4.74 Å². The van der Waals surface area contributed by atoms with Crippen LogP contribution in [0.2, 0.25) is 0 Å². The summed E-state index contributed by atoms with van der Waals surface area (Å²) in [5.41, 5.74) is 4.33. The number of nitrogens with zero attached hydrogens (tertiary/aromatic N) is 3. The van der Waals surface area contributed by atoms with Gasteiger partial charge in [-0.1, -0.05) is 30.3 Å². The van der Waals surface area contributed by atoms with E-state index in [4.69, 9.17) is 4.74 Å². The average molecular weight is 343 g/mol. The Balaban J connectivity index is 1.74. The van der Waals surface area contributed by atoms with E-state index < -0.39 is 0 Å². The van der Waals surface area contributed by atoms with Gasteiger partial charge >= 0.3 is 0 Å². The summed E-state index contributed by atoms with van der Waals surface area (Å²) >= 11 is 0. The lowest BCUT2D eigenvalue weighted by Crippen LogP contribution is -2.21. The third kappa shape index (κ3) is 3.07. The summed E-state index contributed by atoms with van der Waals surface area (Å²) in [5, 5.41) is 0.